The van der Waals surface area contributed by atoms with Gasteiger partial charge in [0.25, 0.3) is 0 Å². The van der Waals surface area contributed by atoms with E-state index in [0.29, 0.717) is 11.5 Å². The highest BCUT2D eigenvalue weighted by atomic mass is 28.3. The van der Waals surface area contributed by atoms with Crippen molar-refractivity contribution in [3.8, 4) is 33.4 Å². The fraction of sp³-hybridized carbons (Fsp3) is 0.242. The van der Waals surface area contributed by atoms with E-state index < -0.39 is 8.07 Å². The Bertz CT molecular complexity index is 3380. The summed E-state index contributed by atoms with van der Waals surface area (Å²) in [4.78, 5) is 0. The third-order valence-corrected chi connectivity index (χ3v) is 21.6. The van der Waals surface area contributed by atoms with Crippen molar-refractivity contribution in [1.29, 1.82) is 0 Å². The van der Waals surface area contributed by atoms with Crippen molar-refractivity contribution in [3.63, 3.8) is 0 Å². The summed E-state index contributed by atoms with van der Waals surface area (Å²) in [7, 11) is -1.91. The first-order valence-corrected chi connectivity index (χ1v) is 26.5. The highest BCUT2D eigenvalue weighted by Gasteiger charge is 2.59. The number of hydrogen-bond donors (Lipinski definition) is 0. The fourth-order valence-corrected chi connectivity index (χ4v) is 18.7. The molecule has 6 aliphatic carbocycles. The van der Waals surface area contributed by atoms with E-state index in [1.54, 1.807) is 5.20 Å². The molecule has 1 saturated heterocycles. The van der Waals surface area contributed by atoms with E-state index >= 15 is 0 Å². The normalized spacial score (nSPS) is 24.6. The molecule has 306 valence electrons. The van der Waals surface area contributed by atoms with Gasteiger partial charge in [0.15, 0.2) is 0 Å². The maximum absolute atomic E-state index is 4.22. The standard InChI is InChI=1S/C62H54Si/c1-60(2)51-23-12-10-20-43(51)45-28-27-39(33-53(45)60)58-46-29-26-38(42-22-16-18-37-17-8-9-19-41(37)42)31-48(46)59(40-32-47-44-21-11-13-24-52(44)61(3,4)54(47)34-40)50-36-56-55(35-49(50)58)62(5)30-15-14-25-57(62)63(56,6)7/h8-10,12-20,22-31,33-34,36,55,57H,11,21,35H2,1-7H3. The molecule has 7 aliphatic rings. The molecule has 13 rings (SSSR count). The minimum absolute atomic E-state index is 0.0536. The van der Waals surface area contributed by atoms with Crippen molar-refractivity contribution >= 4 is 41.3 Å². The van der Waals surface area contributed by atoms with Gasteiger partial charge in [0.05, 0.1) is 8.07 Å². The van der Waals surface area contributed by atoms with Gasteiger partial charge in [0, 0.05) is 27.5 Å². The Kier molecular flexibility index (Phi) is 7.51. The molecule has 3 atom stereocenters. The van der Waals surface area contributed by atoms with Gasteiger partial charge < -0.3 is 0 Å². The van der Waals surface area contributed by atoms with Crippen molar-refractivity contribution in [3.05, 3.63) is 207 Å². The van der Waals surface area contributed by atoms with Crippen LogP contribution in [0.5, 0.6) is 0 Å². The molecule has 6 aromatic rings. The van der Waals surface area contributed by atoms with Crippen molar-refractivity contribution < 1.29 is 0 Å². The van der Waals surface area contributed by atoms with Crippen LogP contribution in [0.4, 0.5) is 0 Å². The summed E-state index contributed by atoms with van der Waals surface area (Å²) in [5, 5.41) is 7.00. The van der Waals surface area contributed by atoms with Gasteiger partial charge in [0.2, 0.25) is 0 Å². The first-order chi connectivity index (χ1) is 30.4. The number of allylic oxidation sites excluding steroid dienone is 12. The quantitative estimate of drug-likeness (QED) is 0.123. The second-order valence-electron chi connectivity index (χ2n) is 21.5. The Morgan fingerprint density at radius 2 is 1.44 bits per heavy atom. The minimum atomic E-state index is -1.91. The molecular weight excluding hydrogens is 773 g/mol. The highest BCUT2D eigenvalue weighted by Crippen LogP contribution is 2.65. The van der Waals surface area contributed by atoms with Crippen LogP contribution >= 0.6 is 0 Å². The lowest BCUT2D eigenvalue weighted by atomic mass is 9.66. The molecule has 0 radical (unpaired) electrons. The SMILES string of the molecule is CC1(C)C2=CC(c3c4c(c(-c5ccc6c(c5)C(C)(C)c5ccccc5-6)c5ccc(-c6cccc7ccccc67)cc35)CC3C(=C4)[Si](C)(C)C4C=CC=CC34C)=C=C2C2=C1C=CCC2. The number of rotatable bonds is 3. The van der Waals surface area contributed by atoms with E-state index in [-0.39, 0.29) is 16.2 Å². The Hall–Kier alpha value is -5.98. The van der Waals surface area contributed by atoms with Crippen LogP contribution in [0, 0.1) is 16.7 Å². The molecule has 0 spiro atoms. The van der Waals surface area contributed by atoms with E-state index in [1.807, 2.05) is 0 Å². The monoisotopic (exact) mass is 826 g/mol. The van der Waals surface area contributed by atoms with Crippen LogP contribution in [0.1, 0.15) is 75.3 Å². The Labute approximate surface area is 374 Å². The molecule has 0 N–H and O–H groups in total. The van der Waals surface area contributed by atoms with Gasteiger partial charge in [0.1, 0.15) is 0 Å². The zero-order chi connectivity index (χ0) is 42.8. The van der Waals surface area contributed by atoms with Gasteiger partial charge in [-0.15, -0.1) is 5.73 Å². The van der Waals surface area contributed by atoms with Crippen LogP contribution < -0.4 is 0 Å². The van der Waals surface area contributed by atoms with Crippen LogP contribution in [0.3, 0.4) is 0 Å². The summed E-state index contributed by atoms with van der Waals surface area (Å²) in [6.45, 7) is 17.6. The maximum atomic E-state index is 4.22. The molecule has 0 bridgehead atoms. The van der Waals surface area contributed by atoms with Crippen LogP contribution in [0.25, 0.3) is 66.6 Å². The van der Waals surface area contributed by atoms with E-state index in [4.69, 9.17) is 0 Å². The third kappa shape index (κ3) is 4.88. The van der Waals surface area contributed by atoms with Crippen molar-refractivity contribution in [1.82, 2.24) is 0 Å². The molecule has 6 aromatic carbocycles. The number of benzene rings is 6. The molecule has 1 heteroatoms. The zero-order valence-corrected chi connectivity index (χ0v) is 38.7. The van der Waals surface area contributed by atoms with E-state index in [0.717, 1.165) is 19.3 Å². The molecule has 1 fully saturated rings. The summed E-state index contributed by atoms with van der Waals surface area (Å²) in [5.41, 5.74) is 27.0. The van der Waals surface area contributed by atoms with E-state index in [2.05, 4.69) is 205 Å². The van der Waals surface area contributed by atoms with Gasteiger partial charge in [-0.25, -0.2) is 0 Å². The highest BCUT2D eigenvalue weighted by molar-refractivity contribution is 6.88. The van der Waals surface area contributed by atoms with Crippen molar-refractivity contribution in [2.75, 3.05) is 0 Å². The van der Waals surface area contributed by atoms with E-state index in [9.17, 15) is 0 Å². The van der Waals surface area contributed by atoms with Gasteiger partial charge in [-0.2, -0.15) is 0 Å². The molecule has 3 unspecified atom stereocenters. The second-order valence-corrected chi connectivity index (χ2v) is 26.1. The molecular formula is C62H54Si. The largest absolute Gasteiger partial charge is 0.104 e. The van der Waals surface area contributed by atoms with Crippen LogP contribution in [0.2, 0.25) is 18.6 Å². The minimum Gasteiger partial charge on any atom is -0.104 e. The van der Waals surface area contributed by atoms with Crippen molar-refractivity contribution in [2.45, 2.75) is 77.9 Å². The molecule has 1 heterocycles. The van der Waals surface area contributed by atoms with Crippen LogP contribution in [0.15, 0.2) is 179 Å². The Morgan fingerprint density at radius 1 is 0.667 bits per heavy atom. The second kappa shape index (κ2) is 12.6. The summed E-state index contributed by atoms with van der Waals surface area (Å²) in [6, 6.07) is 39.7. The number of hydrogen-bond acceptors (Lipinski definition) is 0. The lowest BCUT2D eigenvalue weighted by Crippen LogP contribution is -2.33. The number of fused-ring (bicyclic) bond motifs is 11. The van der Waals surface area contributed by atoms with Gasteiger partial charge >= 0.3 is 0 Å². The summed E-state index contributed by atoms with van der Waals surface area (Å²) in [6.07, 6.45) is 23.2. The Morgan fingerprint density at radius 3 is 2.33 bits per heavy atom. The summed E-state index contributed by atoms with van der Waals surface area (Å²) >= 11 is 0. The maximum Gasteiger partial charge on any atom is 0.0835 e. The van der Waals surface area contributed by atoms with Crippen molar-refractivity contribution in [2.24, 2.45) is 16.7 Å². The predicted octanol–water partition coefficient (Wildman–Crippen LogP) is 16.5. The molecule has 0 saturated carbocycles. The first-order valence-electron chi connectivity index (χ1n) is 23.5. The zero-order valence-electron chi connectivity index (χ0n) is 37.7. The topological polar surface area (TPSA) is 0 Å². The van der Waals surface area contributed by atoms with Gasteiger partial charge in [-0.05, 0) is 148 Å². The first kappa shape index (κ1) is 37.6. The lowest BCUT2D eigenvalue weighted by molar-refractivity contribution is 0.320. The molecule has 0 nitrogen and oxygen atoms in total. The average molecular weight is 827 g/mol. The van der Waals surface area contributed by atoms with Crippen LogP contribution in [-0.4, -0.2) is 8.07 Å². The predicted molar refractivity (Wildman–Crippen MR) is 270 cm³/mol. The third-order valence-electron chi connectivity index (χ3n) is 17.2. The Balaban J connectivity index is 1.16. The lowest BCUT2D eigenvalue weighted by Gasteiger charge is -2.38. The average Bonchev–Trinajstić information content (AvgIpc) is 3.95. The van der Waals surface area contributed by atoms with Gasteiger partial charge in [-0.1, -0.05) is 186 Å². The summed E-state index contributed by atoms with van der Waals surface area (Å²) < 4.78 is 0. The smallest absolute Gasteiger partial charge is 0.0835 e. The molecule has 0 aromatic heterocycles. The molecule has 0 amide bonds. The molecule has 1 aliphatic heterocycles. The summed E-state index contributed by atoms with van der Waals surface area (Å²) in [5.74, 6) is 0.460. The van der Waals surface area contributed by atoms with E-state index in [1.165, 1.54) is 111 Å². The van der Waals surface area contributed by atoms with Crippen LogP contribution in [-0.2, 0) is 11.8 Å². The van der Waals surface area contributed by atoms with Gasteiger partial charge in [-0.3, -0.25) is 0 Å². The fourth-order valence-electron chi connectivity index (χ4n) is 14.1. The molecule has 63 heavy (non-hydrogen) atoms.